The summed E-state index contributed by atoms with van der Waals surface area (Å²) in [5.74, 6) is 1.19. The Morgan fingerprint density at radius 1 is 1.33 bits per heavy atom. The number of ether oxygens (including phenoxy) is 1. The van der Waals surface area contributed by atoms with Crippen LogP contribution in [0.2, 0.25) is 0 Å². The van der Waals surface area contributed by atoms with Crippen molar-refractivity contribution in [2.24, 2.45) is 10.9 Å². The Bertz CT molecular complexity index is 484. The van der Waals surface area contributed by atoms with Crippen LogP contribution >= 0.6 is 0 Å². The molecule has 1 aliphatic rings. The van der Waals surface area contributed by atoms with E-state index in [1.807, 2.05) is 18.2 Å². The summed E-state index contributed by atoms with van der Waals surface area (Å²) in [7, 11) is 1.70. The molecule has 0 saturated carbocycles. The van der Waals surface area contributed by atoms with Crippen molar-refractivity contribution in [1.29, 1.82) is 0 Å². The maximum atomic E-state index is 8.87. The minimum absolute atomic E-state index is 0.00909. The summed E-state index contributed by atoms with van der Waals surface area (Å²) >= 11 is 0. The van der Waals surface area contributed by atoms with Crippen molar-refractivity contribution in [3.8, 4) is 5.75 Å². The molecule has 0 aromatic heterocycles. The summed E-state index contributed by atoms with van der Waals surface area (Å²) in [6, 6.07) is 8.07. The van der Waals surface area contributed by atoms with Crippen LogP contribution in [0.25, 0.3) is 0 Å². The fourth-order valence-electron chi connectivity index (χ4n) is 2.89. The van der Waals surface area contributed by atoms with Crippen LogP contribution in [0, 0.1) is 0 Å². The molecule has 1 atom stereocenters. The van der Waals surface area contributed by atoms with Crippen LogP contribution in [0.4, 0.5) is 5.69 Å². The summed E-state index contributed by atoms with van der Waals surface area (Å²) in [6.07, 6.45) is 0.838. The quantitative estimate of drug-likeness (QED) is 0.371. The lowest BCUT2D eigenvalue weighted by Crippen LogP contribution is -2.54. The molecule has 6 nitrogen and oxygen atoms in total. The number of nitrogens with two attached hydrogens (primary N) is 1. The molecule has 1 heterocycles. The SMILES string of the molecule is CCC(C(N)=NO)N1CCN(c2ccccc2OC)CC1. The van der Waals surface area contributed by atoms with E-state index in [9.17, 15) is 0 Å². The number of hydrogen-bond acceptors (Lipinski definition) is 5. The van der Waals surface area contributed by atoms with E-state index in [1.54, 1.807) is 7.11 Å². The Hall–Kier alpha value is -1.95. The van der Waals surface area contributed by atoms with Gasteiger partial charge in [0.25, 0.3) is 0 Å². The van der Waals surface area contributed by atoms with Gasteiger partial charge in [-0.3, -0.25) is 4.90 Å². The van der Waals surface area contributed by atoms with Crippen molar-refractivity contribution in [2.75, 3.05) is 38.2 Å². The maximum Gasteiger partial charge on any atom is 0.156 e. The van der Waals surface area contributed by atoms with E-state index in [4.69, 9.17) is 15.7 Å². The molecular formula is C15H24N4O2. The topological polar surface area (TPSA) is 74.3 Å². The van der Waals surface area contributed by atoms with Gasteiger partial charge in [-0.2, -0.15) is 0 Å². The fourth-order valence-corrected chi connectivity index (χ4v) is 2.89. The third-order valence-corrected chi connectivity index (χ3v) is 4.02. The number of methoxy groups -OCH3 is 1. The molecule has 1 saturated heterocycles. The van der Waals surface area contributed by atoms with Gasteiger partial charge in [0, 0.05) is 26.2 Å². The molecule has 0 amide bonds. The van der Waals surface area contributed by atoms with Crippen LogP contribution in [0.1, 0.15) is 13.3 Å². The van der Waals surface area contributed by atoms with Gasteiger partial charge >= 0.3 is 0 Å². The standard InChI is InChI=1S/C15H24N4O2/c1-3-12(15(16)17-20)18-8-10-19(11-9-18)13-6-4-5-7-14(13)21-2/h4-7,12,20H,3,8-11H2,1-2H3,(H2,16,17). The molecule has 0 spiro atoms. The Balaban J connectivity index is 2.03. The molecule has 0 aliphatic carbocycles. The first-order valence-corrected chi connectivity index (χ1v) is 7.30. The zero-order chi connectivity index (χ0) is 15.2. The summed E-state index contributed by atoms with van der Waals surface area (Å²) in [5, 5.41) is 12.0. The summed E-state index contributed by atoms with van der Waals surface area (Å²) < 4.78 is 5.42. The first kappa shape index (κ1) is 15.4. The van der Waals surface area contributed by atoms with E-state index in [-0.39, 0.29) is 6.04 Å². The maximum absolute atomic E-state index is 8.87. The second-order valence-corrected chi connectivity index (χ2v) is 5.14. The van der Waals surface area contributed by atoms with Gasteiger partial charge in [0.2, 0.25) is 0 Å². The van der Waals surface area contributed by atoms with Crippen molar-refractivity contribution in [3.05, 3.63) is 24.3 Å². The number of amidine groups is 1. The van der Waals surface area contributed by atoms with Crippen LogP contribution in [0.3, 0.4) is 0 Å². The fraction of sp³-hybridized carbons (Fsp3) is 0.533. The van der Waals surface area contributed by atoms with Crippen LogP contribution in [-0.4, -0.2) is 55.3 Å². The molecular weight excluding hydrogens is 268 g/mol. The molecule has 1 unspecified atom stereocenters. The summed E-state index contributed by atoms with van der Waals surface area (Å²) in [6.45, 7) is 5.61. The van der Waals surface area contributed by atoms with Crippen LogP contribution in [-0.2, 0) is 0 Å². The van der Waals surface area contributed by atoms with Crippen LogP contribution in [0.5, 0.6) is 5.75 Å². The van der Waals surface area contributed by atoms with Crippen molar-refractivity contribution in [2.45, 2.75) is 19.4 Å². The van der Waals surface area contributed by atoms with Gasteiger partial charge in [-0.05, 0) is 18.6 Å². The average molecular weight is 292 g/mol. The van der Waals surface area contributed by atoms with E-state index in [0.29, 0.717) is 5.84 Å². The molecule has 1 aromatic carbocycles. The highest BCUT2D eigenvalue weighted by Crippen LogP contribution is 2.28. The Morgan fingerprint density at radius 3 is 2.57 bits per heavy atom. The van der Waals surface area contributed by atoms with Crippen molar-refractivity contribution in [3.63, 3.8) is 0 Å². The lowest BCUT2D eigenvalue weighted by atomic mass is 10.1. The second-order valence-electron chi connectivity index (χ2n) is 5.14. The number of hydrogen-bond donors (Lipinski definition) is 2. The number of oxime groups is 1. The van der Waals surface area contributed by atoms with Gasteiger partial charge in [-0.25, -0.2) is 0 Å². The molecule has 0 bridgehead atoms. The molecule has 1 aliphatic heterocycles. The number of piperazine rings is 1. The molecule has 3 N–H and O–H groups in total. The van der Waals surface area contributed by atoms with E-state index < -0.39 is 0 Å². The molecule has 1 aromatic rings. The van der Waals surface area contributed by atoms with Gasteiger partial charge in [0.05, 0.1) is 18.8 Å². The third kappa shape index (κ3) is 3.39. The Kier molecular flexibility index (Phi) is 5.27. The molecule has 2 rings (SSSR count). The Labute approximate surface area is 125 Å². The monoisotopic (exact) mass is 292 g/mol. The summed E-state index contributed by atoms with van der Waals surface area (Å²) in [4.78, 5) is 4.58. The number of para-hydroxylation sites is 2. The highest BCUT2D eigenvalue weighted by molar-refractivity contribution is 5.85. The van der Waals surface area contributed by atoms with Crippen molar-refractivity contribution >= 4 is 11.5 Å². The predicted molar refractivity (Wildman–Crippen MR) is 84.3 cm³/mol. The number of rotatable bonds is 5. The minimum Gasteiger partial charge on any atom is -0.495 e. The van der Waals surface area contributed by atoms with E-state index in [2.05, 4.69) is 27.9 Å². The molecule has 0 radical (unpaired) electrons. The van der Waals surface area contributed by atoms with Crippen LogP contribution in [0.15, 0.2) is 29.4 Å². The highest BCUT2D eigenvalue weighted by Gasteiger charge is 2.26. The molecule has 116 valence electrons. The van der Waals surface area contributed by atoms with Gasteiger partial charge in [-0.1, -0.05) is 24.2 Å². The zero-order valence-electron chi connectivity index (χ0n) is 12.7. The van der Waals surface area contributed by atoms with E-state index in [0.717, 1.165) is 44.0 Å². The molecule has 1 fully saturated rings. The van der Waals surface area contributed by atoms with Gasteiger partial charge in [0.1, 0.15) is 5.75 Å². The number of benzene rings is 1. The minimum atomic E-state index is 0.00909. The normalized spacial score (nSPS) is 18.6. The lowest BCUT2D eigenvalue weighted by molar-refractivity contribution is 0.215. The van der Waals surface area contributed by atoms with Gasteiger partial charge in [-0.15, -0.1) is 0 Å². The molecule has 6 heteroatoms. The van der Waals surface area contributed by atoms with E-state index in [1.165, 1.54) is 0 Å². The summed E-state index contributed by atoms with van der Waals surface area (Å²) in [5.41, 5.74) is 6.90. The highest BCUT2D eigenvalue weighted by atomic mass is 16.5. The van der Waals surface area contributed by atoms with Gasteiger partial charge in [0.15, 0.2) is 5.84 Å². The van der Waals surface area contributed by atoms with E-state index >= 15 is 0 Å². The average Bonchev–Trinajstić information content (AvgIpc) is 2.56. The first-order valence-electron chi connectivity index (χ1n) is 7.30. The first-order chi connectivity index (χ1) is 10.2. The smallest absolute Gasteiger partial charge is 0.156 e. The third-order valence-electron chi connectivity index (χ3n) is 4.02. The predicted octanol–water partition coefficient (Wildman–Crippen LogP) is 1.34. The second kappa shape index (κ2) is 7.17. The number of nitrogens with zero attached hydrogens (tertiary/aromatic N) is 3. The Morgan fingerprint density at radius 2 is 2.00 bits per heavy atom. The van der Waals surface area contributed by atoms with Crippen molar-refractivity contribution < 1.29 is 9.94 Å². The zero-order valence-corrected chi connectivity index (χ0v) is 12.7. The largest absolute Gasteiger partial charge is 0.495 e. The van der Waals surface area contributed by atoms with Gasteiger partial charge < -0.3 is 20.6 Å². The molecule has 21 heavy (non-hydrogen) atoms. The number of anilines is 1. The van der Waals surface area contributed by atoms with Crippen LogP contribution < -0.4 is 15.4 Å². The lowest BCUT2D eigenvalue weighted by Gasteiger charge is -2.39. The van der Waals surface area contributed by atoms with Crippen molar-refractivity contribution in [1.82, 2.24) is 4.90 Å².